The van der Waals surface area contributed by atoms with E-state index in [-0.39, 0.29) is 11.9 Å². The summed E-state index contributed by atoms with van der Waals surface area (Å²) in [6.45, 7) is 1.40. The van der Waals surface area contributed by atoms with Crippen molar-refractivity contribution in [3.63, 3.8) is 0 Å². The number of rotatable bonds is 6. The van der Waals surface area contributed by atoms with E-state index in [9.17, 15) is 4.79 Å². The van der Waals surface area contributed by atoms with Crippen molar-refractivity contribution in [2.45, 2.75) is 6.10 Å². The molecule has 1 unspecified atom stereocenters. The highest BCUT2D eigenvalue weighted by molar-refractivity contribution is 7.12. The summed E-state index contributed by atoms with van der Waals surface area (Å²) in [5, 5.41) is 1.90. The fourth-order valence-electron chi connectivity index (χ4n) is 1.70. The van der Waals surface area contributed by atoms with Gasteiger partial charge in [0.25, 0.3) is 0 Å². The van der Waals surface area contributed by atoms with Crippen LogP contribution in [0.5, 0.6) is 5.75 Å². The molecule has 1 aliphatic rings. The molecule has 3 nitrogen and oxygen atoms in total. The van der Waals surface area contributed by atoms with Gasteiger partial charge >= 0.3 is 0 Å². The zero-order valence-corrected chi connectivity index (χ0v) is 11.6. The van der Waals surface area contributed by atoms with Gasteiger partial charge in [0.2, 0.25) is 0 Å². The Labute approximate surface area is 121 Å². The normalized spacial score (nSPS) is 17.3. The highest BCUT2D eigenvalue weighted by atomic mass is 32.1. The van der Waals surface area contributed by atoms with E-state index in [1.807, 2.05) is 47.9 Å². The van der Waals surface area contributed by atoms with Gasteiger partial charge in [0.1, 0.15) is 18.5 Å². The summed E-state index contributed by atoms with van der Waals surface area (Å²) in [4.78, 5) is 12.6. The number of carbonyl (C=O) groups is 1. The first kappa shape index (κ1) is 13.1. The number of epoxide rings is 1. The van der Waals surface area contributed by atoms with Gasteiger partial charge < -0.3 is 9.47 Å². The monoisotopic (exact) mass is 286 g/mol. The molecular formula is C16H14O3S. The molecule has 0 aliphatic carbocycles. The van der Waals surface area contributed by atoms with Gasteiger partial charge in [-0.3, -0.25) is 4.79 Å². The molecule has 1 aromatic carbocycles. The number of hydrogen-bond acceptors (Lipinski definition) is 4. The molecule has 0 bridgehead atoms. The van der Waals surface area contributed by atoms with Gasteiger partial charge in [-0.05, 0) is 35.2 Å². The minimum Gasteiger partial charge on any atom is -0.491 e. The Bertz CT molecular complexity index is 595. The van der Waals surface area contributed by atoms with E-state index in [4.69, 9.17) is 9.47 Å². The maximum Gasteiger partial charge on any atom is 0.195 e. The smallest absolute Gasteiger partial charge is 0.195 e. The Morgan fingerprint density at radius 1 is 1.35 bits per heavy atom. The molecule has 2 heterocycles. The van der Waals surface area contributed by atoms with Crippen molar-refractivity contribution >= 4 is 23.2 Å². The number of allylic oxidation sites excluding steroid dienone is 1. The van der Waals surface area contributed by atoms with E-state index in [2.05, 4.69) is 0 Å². The molecule has 1 saturated heterocycles. The number of hydrogen-bond donors (Lipinski definition) is 0. The van der Waals surface area contributed by atoms with Crippen LogP contribution in [0.25, 0.3) is 6.08 Å². The second-order valence-corrected chi connectivity index (χ2v) is 5.46. The van der Waals surface area contributed by atoms with Crippen LogP contribution in [-0.4, -0.2) is 25.1 Å². The molecule has 3 rings (SSSR count). The van der Waals surface area contributed by atoms with Crippen molar-refractivity contribution in [2.75, 3.05) is 13.2 Å². The molecule has 0 spiro atoms. The van der Waals surface area contributed by atoms with Crippen molar-refractivity contribution in [2.24, 2.45) is 0 Å². The maximum atomic E-state index is 11.8. The highest BCUT2D eigenvalue weighted by Crippen LogP contribution is 2.17. The number of carbonyl (C=O) groups excluding carboxylic acids is 1. The summed E-state index contributed by atoms with van der Waals surface area (Å²) >= 11 is 1.45. The van der Waals surface area contributed by atoms with Crippen LogP contribution in [0.2, 0.25) is 0 Å². The second kappa shape index (κ2) is 6.03. The third-order valence-corrected chi connectivity index (χ3v) is 3.79. The van der Waals surface area contributed by atoms with Gasteiger partial charge in [-0.15, -0.1) is 11.3 Å². The Morgan fingerprint density at radius 3 is 2.80 bits per heavy atom. The lowest BCUT2D eigenvalue weighted by Gasteiger charge is -2.03. The molecule has 4 heteroatoms. The van der Waals surface area contributed by atoms with Crippen LogP contribution in [0.4, 0.5) is 0 Å². The van der Waals surface area contributed by atoms with E-state index in [1.54, 1.807) is 6.08 Å². The van der Waals surface area contributed by atoms with Crippen LogP contribution in [0.15, 0.2) is 47.9 Å². The molecule has 0 amide bonds. The van der Waals surface area contributed by atoms with Crippen LogP contribution in [0.1, 0.15) is 15.2 Å². The van der Waals surface area contributed by atoms with Crippen molar-refractivity contribution in [3.05, 3.63) is 58.3 Å². The predicted molar refractivity (Wildman–Crippen MR) is 79.4 cm³/mol. The largest absolute Gasteiger partial charge is 0.491 e. The average Bonchev–Trinajstić information content (AvgIpc) is 3.15. The van der Waals surface area contributed by atoms with Crippen LogP contribution >= 0.6 is 11.3 Å². The molecule has 0 N–H and O–H groups in total. The molecule has 0 saturated carbocycles. The van der Waals surface area contributed by atoms with E-state index in [0.29, 0.717) is 6.61 Å². The van der Waals surface area contributed by atoms with Crippen molar-refractivity contribution in [3.8, 4) is 5.75 Å². The van der Waals surface area contributed by atoms with Gasteiger partial charge in [-0.1, -0.05) is 24.3 Å². The summed E-state index contributed by atoms with van der Waals surface area (Å²) in [7, 11) is 0. The van der Waals surface area contributed by atoms with Gasteiger partial charge in [0.05, 0.1) is 11.5 Å². The van der Waals surface area contributed by atoms with E-state index in [1.165, 1.54) is 11.3 Å². The first-order valence-corrected chi connectivity index (χ1v) is 7.29. The van der Waals surface area contributed by atoms with Crippen LogP contribution in [-0.2, 0) is 4.74 Å². The highest BCUT2D eigenvalue weighted by Gasteiger charge is 2.22. The van der Waals surface area contributed by atoms with Crippen molar-refractivity contribution in [1.82, 2.24) is 0 Å². The zero-order valence-electron chi connectivity index (χ0n) is 10.8. The lowest BCUT2D eigenvalue weighted by molar-refractivity contribution is 0.105. The molecular weight excluding hydrogens is 272 g/mol. The van der Waals surface area contributed by atoms with Crippen LogP contribution in [0.3, 0.4) is 0 Å². The first-order valence-electron chi connectivity index (χ1n) is 6.42. The quantitative estimate of drug-likeness (QED) is 0.464. The fourth-order valence-corrected chi connectivity index (χ4v) is 2.35. The SMILES string of the molecule is O=C(/C=C/c1ccc(OCC2CO2)cc1)c1cccs1. The minimum atomic E-state index is 0.0335. The second-order valence-electron chi connectivity index (χ2n) is 4.51. The first-order chi connectivity index (χ1) is 9.81. The predicted octanol–water partition coefficient (Wildman–Crippen LogP) is 3.42. The summed E-state index contributed by atoms with van der Waals surface area (Å²) in [5.74, 6) is 0.855. The number of ether oxygens (including phenoxy) is 2. The Hall–Kier alpha value is -1.91. The topological polar surface area (TPSA) is 38.8 Å². The van der Waals surface area contributed by atoms with Gasteiger partial charge in [0, 0.05) is 0 Å². The lowest BCUT2D eigenvalue weighted by Crippen LogP contribution is -2.03. The van der Waals surface area contributed by atoms with Crippen molar-refractivity contribution < 1.29 is 14.3 Å². The Morgan fingerprint density at radius 2 is 2.15 bits per heavy atom. The molecule has 0 radical (unpaired) electrons. The zero-order chi connectivity index (χ0) is 13.8. The van der Waals surface area contributed by atoms with Gasteiger partial charge in [-0.2, -0.15) is 0 Å². The van der Waals surface area contributed by atoms with E-state index in [0.717, 1.165) is 22.8 Å². The number of thiophene rings is 1. The molecule has 1 aromatic heterocycles. The summed E-state index contributed by atoms with van der Waals surface area (Å²) in [6.07, 6.45) is 3.67. The number of benzene rings is 1. The Kier molecular flexibility index (Phi) is 3.95. The summed E-state index contributed by atoms with van der Waals surface area (Å²) in [6, 6.07) is 11.4. The molecule has 20 heavy (non-hydrogen) atoms. The Balaban J connectivity index is 1.58. The van der Waals surface area contributed by atoms with Crippen LogP contribution < -0.4 is 4.74 Å². The minimum absolute atomic E-state index is 0.0335. The molecule has 1 aliphatic heterocycles. The fraction of sp³-hybridized carbons (Fsp3) is 0.188. The maximum absolute atomic E-state index is 11.8. The third-order valence-electron chi connectivity index (χ3n) is 2.91. The molecule has 2 aromatic rings. The molecule has 1 fully saturated rings. The van der Waals surface area contributed by atoms with E-state index < -0.39 is 0 Å². The average molecular weight is 286 g/mol. The summed E-state index contributed by atoms with van der Waals surface area (Å²) in [5.41, 5.74) is 0.977. The van der Waals surface area contributed by atoms with E-state index >= 15 is 0 Å². The van der Waals surface area contributed by atoms with Gasteiger partial charge in [-0.25, -0.2) is 0 Å². The summed E-state index contributed by atoms with van der Waals surface area (Å²) < 4.78 is 10.6. The molecule has 1 atom stereocenters. The molecule has 102 valence electrons. The standard InChI is InChI=1S/C16H14O3S/c17-15(16-2-1-9-20-16)8-5-12-3-6-13(7-4-12)18-10-14-11-19-14/h1-9,14H,10-11H2/b8-5+. The number of ketones is 1. The lowest BCUT2D eigenvalue weighted by atomic mass is 10.2. The van der Waals surface area contributed by atoms with Crippen LogP contribution in [0, 0.1) is 0 Å². The van der Waals surface area contributed by atoms with Gasteiger partial charge in [0.15, 0.2) is 5.78 Å². The van der Waals surface area contributed by atoms with Crippen molar-refractivity contribution in [1.29, 1.82) is 0 Å². The third kappa shape index (κ3) is 3.56.